The minimum absolute atomic E-state index is 0.0290. The van der Waals surface area contributed by atoms with Crippen molar-refractivity contribution in [3.63, 3.8) is 0 Å². The van der Waals surface area contributed by atoms with E-state index in [9.17, 15) is 18.1 Å². The summed E-state index contributed by atoms with van der Waals surface area (Å²) < 4.78 is 65.3. The number of carbonyl (C=O) groups excluding carboxylic acids is 1. The number of carbonyl (C=O) groups is 1. The van der Waals surface area contributed by atoms with Crippen LogP contribution in [0, 0.1) is 29.0 Å². The Bertz CT molecular complexity index is 1630. The fourth-order valence-electron chi connectivity index (χ4n) is 4.69. The average molecular weight is 724 g/mol. The molecule has 3 aromatic rings. The molecule has 1 amide bonds. The highest BCUT2D eigenvalue weighted by molar-refractivity contribution is 7.48. The molecule has 0 aromatic carbocycles. The molecule has 49 heavy (non-hydrogen) atoms. The van der Waals surface area contributed by atoms with Crippen molar-refractivity contribution >= 4 is 30.8 Å². The number of phosphoric ester groups is 1. The van der Waals surface area contributed by atoms with Crippen LogP contribution in [0.15, 0.2) is 41.8 Å². The molecule has 13 nitrogen and oxygen atoms in total. The van der Waals surface area contributed by atoms with Crippen molar-refractivity contribution < 1.29 is 36.4 Å². The maximum atomic E-state index is 14.6. The van der Waals surface area contributed by atoms with Crippen LogP contribution >= 0.6 is 19.2 Å². The monoisotopic (exact) mass is 723 g/mol. The molecule has 0 unspecified atom stereocenters. The topological polar surface area (TPSA) is 163 Å². The molecule has 268 valence electrons. The van der Waals surface area contributed by atoms with Gasteiger partial charge in [-0.25, -0.2) is 23.6 Å². The molecule has 0 bridgehead atoms. The summed E-state index contributed by atoms with van der Waals surface area (Å²) in [5.74, 6) is -2.30. The van der Waals surface area contributed by atoms with E-state index < -0.39 is 36.9 Å². The Morgan fingerprint density at radius 3 is 2.45 bits per heavy atom. The van der Waals surface area contributed by atoms with Crippen molar-refractivity contribution in [3.05, 3.63) is 65.0 Å². The first-order chi connectivity index (χ1) is 23.4. The van der Waals surface area contributed by atoms with Gasteiger partial charge in [0, 0.05) is 36.0 Å². The zero-order valence-electron chi connectivity index (χ0n) is 28.3. The van der Waals surface area contributed by atoms with E-state index in [2.05, 4.69) is 25.7 Å². The Morgan fingerprint density at radius 2 is 1.80 bits per heavy atom. The third-order valence-electron chi connectivity index (χ3n) is 7.20. The lowest BCUT2D eigenvalue weighted by molar-refractivity contribution is 0.0314. The predicted molar refractivity (Wildman–Crippen MR) is 181 cm³/mol. The molecule has 3 heterocycles. The molecule has 1 saturated carbocycles. The van der Waals surface area contributed by atoms with Crippen LogP contribution in [0.3, 0.4) is 0 Å². The number of ether oxygens (including phenoxy) is 1. The van der Waals surface area contributed by atoms with Crippen LogP contribution in [0.1, 0.15) is 76.5 Å². The molecular formula is C32H44F2N7O6PS. The van der Waals surface area contributed by atoms with Crippen molar-refractivity contribution in [2.24, 2.45) is 11.8 Å². The van der Waals surface area contributed by atoms with Crippen LogP contribution in [-0.4, -0.2) is 63.3 Å². The van der Waals surface area contributed by atoms with E-state index in [-0.39, 0.29) is 55.3 Å². The average Bonchev–Trinajstić information content (AvgIpc) is 3.76. The van der Waals surface area contributed by atoms with E-state index in [1.54, 1.807) is 6.20 Å². The third-order valence-corrected chi connectivity index (χ3v) is 9.46. The van der Waals surface area contributed by atoms with Gasteiger partial charge in [-0.3, -0.25) is 23.8 Å². The molecule has 3 N–H and O–H groups in total. The fourth-order valence-corrected chi connectivity index (χ4v) is 6.91. The molecule has 0 spiro atoms. The maximum absolute atomic E-state index is 14.6. The number of amides is 1. The van der Waals surface area contributed by atoms with Crippen molar-refractivity contribution in [1.29, 1.82) is 5.41 Å². The molecule has 0 aliphatic heterocycles. The number of nitrogens with zero attached hydrogens (tertiary/aromatic N) is 4. The Balaban J connectivity index is 1.45. The Kier molecular flexibility index (Phi) is 14.1. The van der Waals surface area contributed by atoms with E-state index in [1.165, 1.54) is 33.8 Å². The number of thiazole rings is 1. The zero-order chi connectivity index (χ0) is 35.6. The summed E-state index contributed by atoms with van der Waals surface area (Å²) >= 11 is 1.17. The highest BCUT2D eigenvalue weighted by Gasteiger charge is 2.28. The molecule has 0 atom stereocenters. The maximum Gasteiger partial charge on any atom is 0.476 e. The first kappa shape index (κ1) is 38.4. The van der Waals surface area contributed by atoms with Crippen LogP contribution < -0.4 is 10.6 Å². The Hall–Kier alpha value is -3.40. The number of rotatable bonds is 18. The number of hydrogen-bond acceptors (Lipinski definition) is 12. The number of nitrogens with one attached hydrogen (secondary N) is 3. The van der Waals surface area contributed by atoms with Gasteiger partial charge >= 0.3 is 7.82 Å². The lowest BCUT2D eigenvalue weighted by atomic mass is 9.93. The Labute approximate surface area is 288 Å². The molecule has 1 aliphatic carbocycles. The number of hydrogen-bond donors (Lipinski definition) is 3. The first-order valence-electron chi connectivity index (χ1n) is 16.2. The summed E-state index contributed by atoms with van der Waals surface area (Å²) in [5, 5.41) is 20.7. The van der Waals surface area contributed by atoms with Gasteiger partial charge in [0.2, 0.25) is 5.95 Å². The lowest BCUT2D eigenvalue weighted by Gasteiger charge is -2.28. The van der Waals surface area contributed by atoms with Gasteiger partial charge in [0.05, 0.1) is 31.2 Å². The first-order valence-corrected chi connectivity index (χ1v) is 18.5. The SMILES string of the molecule is CCO[C@H]1CC[C@H](N/C=C(/NC(=O)c2csc(-c3cnn(COP(=O)(OCC(C)C)OCC(C)C)c3)n2)C(=N)c2nc(F)ccc2F)CC1. The number of phosphoric acid groups is 1. The minimum atomic E-state index is -3.84. The number of pyridine rings is 1. The third kappa shape index (κ3) is 11.6. The van der Waals surface area contributed by atoms with E-state index >= 15 is 0 Å². The zero-order valence-corrected chi connectivity index (χ0v) is 30.0. The van der Waals surface area contributed by atoms with Crippen LogP contribution in [0.2, 0.25) is 0 Å². The van der Waals surface area contributed by atoms with Gasteiger partial charge in [-0.05, 0) is 56.6 Å². The second-order valence-electron chi connectivity index (χ2n) is 12.3. The summed E-state index contributed by atoms with van der Waals surface area (Å²) in [7, 11) is -3.84. The normalized spacial score (nSPS) is 17.1. The summed E-state index contributed by atoms with van der Waals surface area (Å²) in [6, 6.07) is 1.77. The van der Waals surface area contributed by atoms with Gasteiger partial charge < -0.3 is 15.4 Å². The standard InChI is InChI=1S/C32H44F2N7O6PS/c1-6-44-24-9-7-23(8-10-24)36-14-26(29(35)30-25(33)11-12-28(34)40-30)38-31(42)27-18-49-32(39-27)22-13-37-41(15-22)19-47-48(43,45-16-20(2)3)46-17-21(4)5/h11-15,18,20-21,23-24,35-36H,6-10,16-17,19H2,1-5H3,(H,38,42)/b26-14+,35-29?/t23-,24-. The van der Waals surface area contributed by atoms with E-state index in [1.807, 2.05) is 34.6 Å². The fraction of sp³-hybridized carbons (Fsp3) is 0.531. The van der Waals surface area contributed by atoms with Crippen LogP contribution in [0.25, 0.3) is 10.6 Å². The molecule has 3 aromatic heterocycles. The van der Waals surface area contributed by atoms with Gasteiger partial charge in [-0.1, -0.05) is 27.7 Å². The number of halogens is 2. The van der Waals surface area contributed by atoms with Gasteiger partial charge in [-0.2, -0.15) is 9.49 Å². The molecule has 17 heteroatoms. The summed E-state index contributed by atoms with van der Waals surface area (Å²) in [4.78, 5) is 21.3. The lowest BCUT2D eigenvalue weighted by Crippen LogP contribution is -2.35. The molecular weight excluding hydrogens is 679 g/mol. The molecule has 0 saturated heterocycles. The van der Waals surface area contributed by atoms with Crippen LogP contribution in [-0.2, 0) is 29.6 Å². The second-order valence-corrected chi connectivity index (χ2v) is 14.9. The Morgan fingerprint density at radius 1 is 1.10 bits per heavy atom. The summed E-state index contributed by atoms with van der Waals surface area (Å²) in [6.45, 7) is 10.5. The van der Waals surface area contributed by atoms with Gasteiger partial charge in [0.15, 0.2) is 12.5 Å². The smallest absolute Gasteiger partial charge is 0.386 e. The summed E-state index contributed by atoms with van der Waals surface area (Å²) in [6.07, 6.45) is 8.02. The second kappa shape index (κ2) is 18.0. The molecule has 4 rings (SSSR count). The predicted octanol–water partition coefficient (Wildman–Crippen LogP) is 6.68. The van der Waals surface area contributed by atoms with Crippen LogP contribution in [0.5, 0.6) is 0 Å². The van der Waals surface area contributed by atoms with E-state index in [0.29, 0.717) is 17.2 Å². The van der Waals surface area contributed by atoms with Gasteiger partial charge in [-0.15, -0.1) is 11.3 Å². The summed E-state index contributed by atoms with van der Waals surface area (Å²) in [5.41, 5.74) is -0.563. The van der Waals surface area contributed by atoms with Crippen molar-refractivity contribution in [3.8, 4) is 10.6 Å². The van der Waals surface area contributed by atoms with Crippen molar-refractivity contribution in [2.45, 2.75) is 79.2 Å². The van der Waals surface area contributed by atoms with Gasteiger partial charge in [0.1, 0.15) is 22.1 Å². The molecule has 0 radical (unpaired) electrons. The van der Waals surface area contributed by atoms with E-state index in [0.717, 1.165) is 37.8 Å². The highest BCUT2D eigenvalue weighted by atomic mass is 32.1. The van der Waals surface area contributed by atoms with Crippen molar-refractivity contribution in [1.82, 2.24) is 30.4 Å². The minimum Gasteiger partial charge on any atom is -0.386 e. The van der Waals surface area contributed by atoms with Crippen molar-refractivity contribution in [2.75, 3.05) is 19.8 Å². The quantitative estimate of drug-likeness (QED) is 0.0733. The van der Waals surface area contributed by atoms with Crippen LogP contribution in [0.4, 0.5) is 8.78 Å². The molecule has 1 aliphatic rings. The molecule has 1 fully saturated rings. The largest absolute Gasteiger partial charge is 0.476 e. The van der Waals surface area contributed by atoms with E-state index in [4.69, 9.17) is 23.7 Å². The van der Waals surface area contributed by atoms with Gasteiger partial charge in [0.25, 0.3) is 5.91 Å². The highest BCUT2D eigenvalue weighted by Crippen LogP contribution is 2.50. The number of aromatic nitrogens is 4. The number of allylic oxidation sites excluding steroid dienone is 1.